The summed E-state index contributed by atoms with van der Waals surface area (Å²) in [7, 11) is 0. The fraction of sp³-hybridized carbons (Fsp3) is 0.211. The Morgan fingerprint density at radius 2 is 1.96 bits per heavy atom. The largest absolute Gasteiger partial charge is 0.481 e. The van der Waals surface area contributed by atoms with E-state index in [9.17, 15) is 9.59 Å². The minimum Gasteiger partial charge on any atom is -0.481 e. The van der Waals surface area contributed by atoms with E-state index in [1.807, 2.05) is 49.4 Å². The normalized spacial score (nSPS) is 10.8. The summed E-state index contributed by atoms with van der Waals surface area (Å²) < 4.78 is 2.11. The monoisotopic (exact) mass is 337 g/mol. The van der Waals surface area contributed by atoms with Crippen molar-refractivity contribution in [3.63, 3.8) is 0 Å². The van der Waals surface area contributed by atoms with Crippen molar-refractivity contribution >= 4 is 22.9 Å². The Morgan fingerprint density at radius 1 is 1.16 bits per heavy atom. The lowest BCUT2D eigenvalue weighted by molar-refractivity contribution is -0.136. The molecule has 0 aliphatic carbocycles. The van der Waals surface area contributed by atoms with Crippen molar-refractivity contribution in [3.8, 4) is 0 Å². The van der Waals surface area contributed by atoms with Crippen molar-refractivity contribution in [2.75, 3.05) is 6.54 Å². The third-order valence-corrected chi connectivity index (χ3v) is 4.00. The first kappa shape index (κ1) is 16.7. The molecule has 1 heterocycles. The number of nitrogens with one attached hydrogen (secondary N) is 1. The Kier molecular flexibility index (Phi) is 4.79. The molecule has 0 aliphatic heterocycles. The minimum absolute atomic E-state index is 0.0916. The number of rotatable bonds is 6. The number of aryl methyl sites for hydroxylation is 1. The number of hydrogen-bond donors (Lipinski definition) is 2. The van der Waals surface area contributed by atoms with Crippen LogP contribution in [0.5, 0.6) is 0 Å². The van der Waals surface area contributed by atoms with Gasteiger partial charge in [-0.2, -0.15) is 0 Å². The number of aliphatic carboxylic acids is 1. The molecule has 0 bridgehead atoms. The van der Waals surface area contributed by atoms with Gasteiger partial charge in [-0.1, -0.05) is 24.3 Å². The lowest BCUT2D eigenvalue weighted by Gasteiger charge is -2.09. The lowest BCUT2D eigenvalue weighted by Crippen LogP contribution is -2.26. The SMILES string of the molecule is Cc1nc2ccccc2n1Cc1cccc(C(=O)NCCC(=O)O)c1. The maximum Gasteiger partial charge on any atom is 0.305 e. The first-order valence-corrected chi connectivity index (χ1v) is 8.05. The zero-order chi connectivity index (χ0) is 17.8. The van der Waals surface area contributed by atoms with E-state index >= 15 is 0 Å². The molecule has 0 aliphatic rings. The van der Waals surface area contributed by atoms with Gasteiger partial charge in [-0.25, -0.2) is 4.98 Å². The second kappa shape index (κ2) is 7.17. The van der Waals surface area contributed by atoms with E-state index in [1.165, 1.54) is 0 Å². The van der Waals surface area contributed by atoms with E-state index in [1.54, 1.807) is 6.07 Å². The summed E-state index contributed by atoms with van der Waals surface area (Å²) >= 11 is 0. The van der Waals surface area contributed by atoms with E-state index in [-0.39, 0.29) is 18.9 Å². The number of carboxylic acid groups (broad SMARTS) is 1. The number of carboxylic acids is 1. The summed E-state index contributed by atoms with van der Waals surface area (Å²) in [5, 5.41) is 11.3. The quantitative estimate of drug-likeness (QED) is 0.724. The predicted octanol–water partition coefficient (Wildman–Crippen LogP) is 2.60. The van der Waals surface area contributed by atoms with Crippen molar-refractivity contribution in [2.45, 2.75) is 19.9 Å². The highest BCUT2D eigenvalue weighted by Gasteiger charge is 2.10. The second-order valence-electron chi connectivity index (χ2n) is 5.83. The molecule has 128 valence electrons. The third-order valence-electron chi connectivity index (χ3n) is 4.00. The predicted molar refractivity (Wildman–Crippen MR) is 94.6 cm³/mol. The van der Waals surface area contributed by atoms with Gasteiger partial charge in [-0.15, -0.1) is 0 Å². The van der Waals surface area contributed by atoms with Gasteiger partial charge in [-0.05, 0) is 36.8 Å². The van der Waals surface area contributed by atoms with E-state index in [0.717, 1.165) is 22.4 Å². The van der Waals surface area contributed by atoms with Crippen LogP contribution in [-0.2, 0) is 11.3 Å². The second-order valence-corrected chi connectivity index (χ2v) is 5.83. The van der Waals surface area contributed by atoms with Crippen LogP contribution >= 0.6 is 0 Å². The Balaban J connectivity index is 1.78. The van der Waals surface area contributed by atoms with Crippen LogP contribution in [0.1, 0.15) is 28.2 Å². The van der Waals surface area contributed by atoms with Crippen molar-refractivity contribution in [1.29, 1.82) is 0 Å². The highest BCUT2D eigenvalue weighted by Crippen LogP contribution is 2.18. The Morgan fingerprint density at radius 3 is 2.76 bits per heavy atom. The Bertz CT molecular complexity index is 931. The fourth-order valence-corrected chi connectivity index (χ4v) is 2.77. The summed E-state index contributed by atoms with van der Waals surface area (Å²) in [6, 6.07) is 15.3. The summed E-state index contributed by atoms with van der Waals surface area (Å²) in [6.45, 7) is 2.69. The minimum atomic E-state index is -0.934. The molecule has 0 fully saturated rings. The highest BCUT2D eigenvalue weighted by atomic mass is 16.4. The van der Waals surface area contributed by atoms with Gasteiger partial charge >= 0.3 is 5.97 Å². The van der Waals surface area contributed by atoms with E-state index in [4.69, 9.17) is 5.11 Å². The van der Waals surface area contributed by atoms with Gasteiger partial charge in [0, 0.05) is 18.7 Å². The number of benzene rings is 2. The summed E-state index contributed by atoms with van der Waals surface area (Å²) in [4.78, 5) is 27.2. The van der Waals surface area contributed by atoms with Crippen LogP contribution in [-0.4, -0.2) is 33.1 Å². The molecule has 0 atom stereocenters. The molecule has 0 spiro atoms. The van der Waals surface area contributed by atoms with Crippen molar-refractivity contribution in [1.82, 2.24) is 14.9 Å². The summed E-state index contributed by atoms with van der Waals surface area (Å²) in [5.41, 5.74) is 3.50. The van der Waals surface area contributed by atoms with Gasteiger partial charge in [0.05, 0.1) is 17.5 Å². The van der Waals surface area contributed by atoms with E-state index < -0.39 is 5.97 Å². The molecule has 0 radical (unpaired) electrons. The van der Waals surface area contributed by atoms with Crippen LogP contribution in [0.3, 0.4) is 0 Å². The first-order valence-electron chi connectivity index (χ1n) is 8.05. The van der Waals surface area contributed by atoms with Crippen molar-refractivity contribution in [2.24, 2.45) is 0 Å². The number of para-hydroxylation sites is 2. The zero-order valence-corrected chi connectivity index (χ0v) is 13.9. The zero-order valence-electron chi connectivity index (χ0n) is 13.9. The van der Waals surface area contributed by atoms with Gasteiger partial charge in [0.25, 0.3) is 5.91 Å². The number of nitrogens with zero attached hydrogens (tertiary/aromatic N) is 2. The number of hydrogen-bond acceptors (Lipinski definition) is 3. The maximum absolute atomic E-state index is 12.1. The van der Waals surface area contributed by atoms with Gasteiger partial charge < -0.3 is 15.0 Å². The summed E-state index contributed by atoms with van der Waals surface area (Å²) in [6.07, 6.45) is -0.0916. The average Bonchev–Trinajstić information content (AvgIpc) is 2.90. The molecule has 6 heteroatoms. The number of carbonyl (C=O) groups is 2. The maximum atomic E-state index is 12.1. The number of amides is 1. The van der Waals surface area contributed by atoms with Crippen LogP contribution in [0.2, 0.25) is 0 Å². The van der Waals surface area contributed by atoms with Gasteiger partial charge in [-0.3, -0.25) is 9.59 Å². The molecular formula is C19H19N3O3. The molecule has 3 rings (SSSR count). The first-order chi connectivity index (χ1) is 12.0. The molecule has 3 aromatic rings. The average molecular weight is 337 g/mol. The molecule has 1 amide bonds. The fourth-order valence-electron chi connectivity index (χ4n) is 2.77. The third kappa shape index (κ3) is 3.85. The molecule has 0 saturated carbocycles. The molecule has 0 unspecified atom stereocenters. The topological polar surface area (TPSA) is 84.2 Å². The van der Waals surface area contributed by atoms with Gasteiger partial charge in [0.15, 0.2) is 0 Å². The Labute approximate surface area is 145 Å². The van der Waals surface area contributed by atoms with E-state index in [0.29, 0.717) is 12.1 Å². The van der Waals surface area contributed by atoms with Crippen LogP contribution < -0.4 is 5.32 Å². The number of fused-ring (bicyclic) bond motifs is 1. The van der Waals surface area contributed by atoms with Gasteiger partial charge in [0.1, 0.15) is 5.82 Å². The van der Waals surface area contributed by atoms with Crippen molar-refractivity contribution < 1.29 is 14.7 Å². The highest BCUT2D eigenvalue weighted by molar-refractivity contribution is 5.94. The molecule has 6 nitrogen and oxygen atoms in total. The number of imidazole rings is 1. The number of carbonyl (C=O) groups excluding carboxylic acids is 1. The molecule has 25 heavy (non-hydrogen) atoms. The van der Waals surface area contributed by atoms with Crippen LogP contribution in [0, 0.1) is 6.92 Å². The standard InChI is InChI=1S/C19H19N3O3/c1-13-21-16-7-2-3-8-17(16)22(13)12-14-5-4-6-15(11-14)19(25)20-10-9-18(23)24/h2-8,11H,9-10,12H2,1H3,(H,20,25)(H,23,24). The molecular weight excluding hydrogens is 318 g/mol. The van der Waals surface area contributed by atoms with Crippen molar-refractivity contribution in [3.05, 3.63) is 65.5 Å². The molecule has 2 N–H and O–H groups in total. The summed E-state index contributed by atoms with van der Waals surface area (Å²) in [5.74, 6) is -0.288. The van der Waals surface area contributed by atoms with Crippen LogP contribution in [0.15, 0.2) is 48.5 Å². The van der Waals surface area contributed by atoms with Crippen LogP contribution in [0.25, 0.3) is 11.0 Å². The number of aromatic nitrogens is 2. The lowest BCUT2D eigenvalue weighted by atomic mass is 10.1. The smallest absolute Gasteiger partial charge is 0.305 e. The van der Waals surface area contributed by atoms with Crippen LogP contribution in [0.4, 0.5) is 0 Å². The Hall–Kier alpha value is -3.15. The van der Waals surface area contributed by atoms with Gasteiger partial charge in [0.2, 0.25) is 0 Å². The molecule has 2 aromatic carbocycles. The molecule has 1 aromatic heterocycles. The molecule has 0 saturated heterocycles. The van der Waals surface area contributed by atoms with E-state index in [2.05, 4.69) is 14.9 Å².